The molecule has 2 aromatic rings. The number of likely N-dealkylation sites (tertiary alicyclic amines) is 1. The molecule has 0 aromatic heterocycles. The van der Waals surface area contributed by atoms with Gasteiger partial charge in [-0.15, -0.1) is 0 Å². The van der Waals surface area contributed by atoms with E-state index in [-0.39, 0.29) is 42.1 Å². The number of nitrogens with zero attached hydrogens (tertiary/aromatic N) is 1. The first-order valence-corrected chi connectivity index (χ1v) is 9.25. The van der Waals surface area contributed by atoms with Crippen LogP contribution >= 0.6 is 11.6 Å². The predicted octanol–water partition coefficient (Wildman–Crippen LogP) is 3.79. The number of carbonyl (C=O) groups is 3. The summed E-state index contributed by atoms with van der Waals surface area (Å²) in [6.07, 6.45) is 0.501. The molecule has 3 amide bonds. The van der Waals surface area contributed by atoms with Crippen molar-refractivity contribution >= 4 is 29.3 Å². The molecule has 5 nitrogen and oxygen atoms in total. The van der Waals surface area contributed by atoms with Crippen LogP contribution in [0.2, 0.25) is 5.02 Å². The molecule has 2 aromatic carbocycles. The van der Waals surface area contributed by atoms with Gasteiger partial charge in [0.2, 0.25) is 11.8 Å². The Balaban J connectivity index is 1.70. The smallest absolute Gasteiger partial charge is 0.251 e. The average molecular weight is 403 g/mol. The zero-order valence-corrected chi connectivity index (χ0v) is 16.3. The molecule has 0 spiro atoms. The van der Waals surface area contributed by atoms with Crippen molar-refractivity contribution < 1.29 is 18.8 Å². The van der Waals surface area contributed by atoms with Crippen molar-refractivity contribution in [3.05, 3.63) is 70.0 Å². The molecule has 0 atom stereocenters. The summed E-state index contributed by atoms with van der Waals surface area (Å²) in [4.78, 5) is 37.3. The minimum Gasteiger partial charge on any atom is -0.343 e. The molecular formula is C21H20ClFN2O3. The number of carbonyl (C=O) groups excluding carboxylic acids is 3. The Morgan fingerprint density at radius 3 is 2.29 bits per heavy atom. The Morgan fingerprint density at radius 1 is 1.11 bits per heavy atom. The lowest BCUT2D eigenvalue weighted by atomic mass is 9.93. The lowest BCUT2D eigenvalue weighted by Crippen LogP contribution is -2.41. The Labute approximate surface area is 167 Å². The summed E-state index contributed by atoms with van der Waals surface area (Å²) < 4.78 is 13.3. The molecule has 1 heterocycles. The second-order valence-electron chi connectivity index (χ2n) is 7.27. The Bertz CT molecular complexity index is 925. The minimum absolute atomic E-state index is 0.176. The lowest BCUT2D eigenvalue weighted by Gasteiger charge is -2.28. The highest BCUT2D eigenvalue weighted by molar-refractivity contribution is 6.31. The van der Waals surface area contributed by atoms with Gasteiger partial charge in [-0.25, -0.2) is 4.39 Å². The van der Waals surface area contributed by atoms with Gasteiger partial charge >= 0.3 is 0 Å². The normalized spacial score (nSPS) is 14.5. The summed E-state index contributed by atoms with van der Waals surface area (Å²) in [6, 6.07) is 10.8. The van der Waals surface area contributed by atoms with Crippen LogP contribution in [0.4, 0.5) is 4.39 Å². The molecule has 7 heteroatoms. The summed E-state index contributed by atoms with van der Waals surface area (Å²) in [5.74, 6) is -1.11. The van der Waals surface area contributed by atoms with Crippen LogP contribution in [0.5, 0.6) is 0 Å². The van der Waals surface area contributed by atoms with Crippen molar-refractivity contribution in [3.63, 3.8) is 0 Å². The van der Waals surface area contributed by atoms with Crippen molar-refractivity contribution in [3.8, 4) is 0 Å². The highest BCUT2D eigenvalue weighted by Gasteiger charge is 2.29. The number of amides is 3. The predicted molar refractivity (Wildman–Crippen MR) is 103 cm³/mol. The monoisotopic (exact) mass is 402 g/mol. The Morgan fingerprint density at radius 2 is 1.71 bits per heavy atom. The largest absolute Gasteiger partial charge is 0.343 e. The van der Waals surface area contributed by atoms with Crippen LogP contribution < -0.4 is 5.32 Å². The molecule has 0 aliphatic carbocycles. The fourth-order valence-electron chi connectivity index (χ4n) is 3.16. The Kier molecular flexibility index (Phi) is 5.52. The molecule has 28 heavy (non-hydrogen) atoms. The van der Waals surface area contributed by atoms with Gasteiger partial charge in [0.05, 0.1) is 12.1 Å². The van der Waals surface area contributed by atoms with Crippen LogP contribution in [0.15, 0.2) is 42.5 Å². The number of imide groups is 1. The zero-order chi connectivity index (χ0) is 20.5. The van der Waals surface area contributed by atoms with Crippen LogP contribution in [0.1, 0.15) is 48.2 Å². The highest BCUT2D eigenvalue weighted by Crippen LogP contribution is 2.28. The summed E-state index contributed by atoms with van der Waals surface area (Å²) in [7, 11) is 0. The van der Waals surface area contributed by atoms with E-state index in [1.807, 2.05) is 0 Å². The van der Waals surface area contributed by atoms with Gasteiger partial charge < -0.3 is 5.32 Å². The van der Waals surface area contributed by atoms with Gasteiger partial charge in [-0.1, -0.05) is 29.8 Å². The number of benzene rings is 2. The molecule has 0 bridgehead atoms. The molecule has 0 unspecified atom stereocenters. The first-order chi connectivity index (χ1) is 13.2. The van der Waals surface area contributed by atoms with Gasteiger partial charge in [0.1, 0.15) is 5.82 Å². The average Bonchev–Trinajstić information content (AvgIpc) is 2.93. The van der Waals surface area contributed by atoms with Crippen molar-refractivity contribution in [1.82, 2.24) is 10.2 Å². The zero-order valence-electron chi connectivity index (χ0n) is 15.6. The van der Waals surface area contributed by atoms with E-state index < -0.39 is 11.4 Å². The SMILES string of the molecule is CC(C)(NC(=O)c1ccc(CN2C(=O)CCC2=O)cc1)c1ccc(F)cc1Cl. The van der Waals surface area contributed by atoms with Crippen molar-refractivity contribution in [2.24, 2.45) is 0 Å². The molecule has 146 valence electrons. The summed E-state index contributed by atoms with van der Waals surface area (Å²) >= 11 is 6.12. The number of halogens is 2. The van der Waals surface area contributed by atoms with Crippen LogP contribution in [0, 0.1) is 5.82 Å². The van der Waals surface area contributed by atoms with Gasteiger partial charge in [-0.2, -0.15) is 0 Å². The maximum absolute atomic E-state index is 13.3. The summed E-state index contributed by atoms with van der Waals surface area (Å²) in [6.45, 7) is 3.77. The van der Waals surface area contributed by atoms with E-state index in [4.69, 9.17) is 11.6 Å². The van der Waals surface area contributed by atoms with E-state index in [1.54, 1.807) is 44.2 Å². The van der Waals surface area contributed by atoms with E-state index in [0.29, 0.717) is 11.1 Å². The van der Waals surface area contributed by atoms with Gasteiger partial charge in [0.25, 0.3) is 5.91 Å². The number of hydrogen-bond donors (Lipinski definition) is 1. The lowest BCUT2D eigenvalue weighted by molar-refractivity contribution is -0.139. The maximum Gasteiger partial charge on any atom is 0.251 e. The quantitative estimate of drug-likeness (QED) is 0.774. The van der Waals surface area contributed by atoms with Crippen molar-refractivity contribution in [2.45, 2.75) is 38.8 Å². The molecule has 3 rings (SSSR count). The number of hydrogen-bond acceptors (Lipinski definition) is 3. The van der Waals surface area contributed by atoms with E-state index in [0.717, 1.165) is 5.56 Å². The topological polar surface area (TPSA) is 66.5 Å². The minimum atomic E-state index is -0.811. The number of rotatable bonds is 5. The number of nitrogens with one attached hydrogen (secondary N) is 1. The molecule has 1 aliphatic rings. The molecule has 0 saturated carbocycles. The second-order valence-corrected chi connectivity index (χ2v) is 7.68. The van der Waals surface area contributed by atoms with Crippen molar-refractivity contribution in [1.29, 1.82) is 0 Å². The van der Waals surface area contributed by atoms with Crippen molar-refractivity contribution in [2.75, 3.05) is 0 Å². The summed E-state index contributed by atoms with van der Waals surface area (Å²) in [5.41, 5.74) is 0.983. The first-order valence-electron chi connectivity index (χ1n) is 8.87. The molecule has 0 radical (unpaired) electrons. The van der Waals surface area contributed by atoms with Gasteiger partial charge in [-0.05, 0) is 49.2 Å². The molecule has 1 N–H and O–H groups in total. The van der Waals surface area contributed by atoms with Crippen LogP contribution in [0.3, 0.4) is 0 Å². The molecule has 1 aliphatic heterocycles. The third-order valence-corrected chi connectivity index (χ3v) is 5.05. The first kappa shape index (κ1) is 20.0. The second kappa shape index (κ2) is 7.72. The van der Waals surface area contributed by atoms with Crippen LogP contribution in [0.25, 0.3) is 0 Å². The fourth-order valence-corrected chi connectivity index (χ4v) is 3.57. The van der Waals surface area contributed by atoms with E-state index in [2.05, 4.69) is 5.32 Å². The standard InChI is InChI=1S/C21H20ClFN2O3/c1-21(2,16-8-7-15(23)11-17(16)22)24-20(28)14-5-3-13(4-6-14)12-25-18(26)9-10-19(25)27/h3-8,11H,9-10,12H2,1-2H3,(H,24,28). The third-order valence-electron chi connectivity index (χ3n) is 4.74. The van der Waals surface area contributed by atoms with E-state index >= 15 is 0 Å². The van der Waals surface area contributed by atoms with Gasteiger partial charge in [0, 0.05) is 23.4 Å². The van der Waals surface area contributed by atoms with Gasteiger partial charge in [-0.3, -0.25) is 19.3 Å². The fraction of sp³-hybridized carbons (Fsp3) is 0.286. The highest BCUT2D eigenvalue weighted by atomic mass is 35.5. The van der Waals surface area contributed by atoms with E-state index in [1.165, 1.54) is 17.0 Å². The summed E-state index contributed by atoms with van der Waals surface area (Å²) in [5, 5.41) is 3.13. The maximum atomic E-state index is 13.3. The molecule has 1 fully saturated rings. The van der Waals surface area contributed by atoms with Crippen LogP contribution in [-0.4, -0.2) is 22.6 Å². The molecule has 1 saturated heterocycles. The van der Waals surface area contributed by atoms with Gasteiger partial charge in [0.15, 0.2) is 0 Å². The molecular weight excluding hydrogens is 383 g/mol. The van der Waals surface area contributed by atoms with Crippen LogP contribution in [-0.2, 0) is 21.7 Å². The Hall–Kier alpha value is -2.73. The third kappa shape index (κ3) is 4.22. The van der Waals surface area contributed by atoms with E-state index in [9.17, 15) is 18.8 Å².